The van der Waals surface area contributed by atoms with Gasteiger partial charge in [0.25, 0.3) is 5.91 Å². The number of carbonyl (C=O) groups is 1. The lowest BCUT2D eigenvalue weighted by Gasteiger charge is -2.33. The largest absolute Gasteiger partial charge is 0.464 e. The van der Waals surface area contributed by atoms with Gasteiger partial charge in [0.15, 0.2) is 17.3 Å². The van der Waals surface area contributed by atoms with E-state index in [1.165, 1.54) is 0 Å². The number of nitrogens with one attached hydrogen (secondary N) is 1. The number of primary amides is 1. The van der Waals surface area contributed by atoms with Gasteiger partial charge in [-0.25, -0.2) is 4.39 Å². The number of anilines is 1. The van der Waals surface area contributed by atoms with Crippen LogP contribution < -0.4 is 15.8 Å². The third-order valence-electron chi connectivity index (χ3n) is 4.58. The summed E-state index contributed by atoms with van der Waals surface area (Å²) in [5.74, 6) is -3.58. The number of hydrogen-bond acceptors (Lipinski definition) is 3. The summed E-state index contributed by atoms with van der Waals surface area (Å²) < 4.78 is 35.1. The molecule has 1 aliphatic carbocycles. The fourth-order valence-corrected chi connectivity index (χ4v) is 3.88. The first-order chi connectivity index (χ1) is 12.3. The molecule has 0 spiro atoms. The fourth-order valence-electron chi connectivity index (χ4n) is 3.23. The number of hydrogen-bond donors (Lipinski definition) is 2. The zero-order valence-electron chi connectivity index (χ0n) is 14.2. The molecule has 0 unspecified atom stereocenters. The van der Waals surface area contributed by atoms with Crippen LogP contribution in [0.3, 0.4) is 0 Å². The smallest absolute Gasteiger partial charge is 0.252 e. The van der Waals surface area contributed by atoms with E-state index in [1.54, 1.807) is 0 Å². The molecular weight excluding hydrogens is 453 g/mol. The molecule has 0 atom stereocenters. The van der Waals surface area contributed by atoms with Crippen molar-refractivity contribution in [1.29, 1.82) is 0 Å². The Kier molecular flexibility index (Phi) is 5.36. The number of carbonyl (C=O) groups excluding carboxylic acids is 1. The molecule has 3 rings (SSSR count). The number of nitrogens with two attached hydrogens (primary N) is 1. The molecule has 7 heteroatoms. The van der Waals surface area contributed by atoms with Gasteiger partial charge in [0, 0.05) is 22.1 Å². The predicted molar refractivity (Wildman–Crippen MR) is 104 cm³/mol. The Balaban J connectivity index is 1.99. The van der Waals surface area contributed by atoms with E-state index in [9.17, 15) is 13.6 Å². The third kappa shape index (κ3) is 3.77. The van der Waals surface area contributed by atoms with Gasteiger partial charge in [-0.05, 0) is 78.3 Å². The maximum absolute atomic E-state index is 14.4. The Morgan fingerprint density at radius 3 is 2.54 bits per heavy atom. The van der Waals surface area contributed by atoms with Crippen molar-refractivity contribution in [1.82, 2.24) is 0 Å². The molecule has 1 aliphatic rings. The second-order valence-electron chi connectivity index (χ2n) is 6.49. The molecule has 0 heterocycles. The predicted octanol–water partition coefficient (Wildman–Crippen LogP) is 4.74. The normalized spacial score (nSPS) is 15.7. The van der Waals surface area contributed by atoms with Crippen LogP contribution in [0.25, 0.3) is 0 Å². The minimum Gasteiger partial charge on any atom is -0.464 e. The highest BCUT2D eigenvalue weighted by Gasteiger charge is 2.38. The van der Waals surface area contributed by atoms with Crippen molar-refractivity contribution in [2.24, 2.45) is 5.73 Å². The molecule has 0 saturated heterocycles. The molecule has 0 radical (unpaired) electrons. The lowest BCUT2D eigenvalue weighted by atomic mass is 10.1. The van der Waals surface area contributed by atoms with E-state index in [-0.39, 0.29) is 5.56 Å². The zero-order valence-corrected chi connectivity index (χ0v) is 16.4. The summed E-state index contributed by atoms with van der Waals surface area (Å²) in [6.45, 7) is 1.96. The van der Waals surface area contributed by atoms with Crippen molar-refractivity contribution < 1.29 is 18.3 Å². The van der Waals surface area contributed by atoms with Crippen LogP contribution in [-0.4, -0.2) is 11.6 Å². The average molecular weight is 472 g/mol. The maximum atomic E-state index is 14.4. The Labute approximate surface area is 164 Å². The quantitative estimate of drug-likeness (QED) is 0.489. The molecule has 1 fully saturated rings. The van der Waals surface area contributed by atoms with Crippen molar-refractivity contribution in [2.45, 2.75) is 38.3 Å². The molecule has 0 aliphatic heterocycles. The van der Waals surface area contributed by atoms with Crippen molar-refractivity contribution in [2.75, 3.05) is 5.32 Å². The van der Waals surface area contributed by atoms with Crippen LogP contribution in [0.1, 0.15) is 41.6 Å². The zero-order chi connectivity index (χ0) is 18.9. The van der Waals surface area contributed by atoms with E-state index in [0.29, 0.717) is 12.8 Å². The molecule has 1 amide bonds. The van der Waals surface area contributed by atoms with E-state index in [0.717, 1.165) is 39.8 Å². The van der Waals surface area contributed by atoms with Crippen LogP contribution in [0, 0.1) is 22.1 Å². The average Bonchev–Trinajstić information content (AvgIpc) is 3.03. The minimum atomic E-state index is -1.20. The Morgan fingerprint density at radius 1 is 1.23 bits per heavy atom. The first-order valence-corrected chi connectivity index (χ1v) is 9.40. The maximum Gasteiger partial charge on any atom is 0.252 e. The number of halogens is 3. The summed E-state index contributed by atoms with van der Waals surface area (Å²) in [6.07, 6.45) is 2.96. The van der Waals surface area contributed by atoms with Crippen molar-refractivity contribution in [3.8, 4) is 5.75 Å². The molecule has 0 bridgehead atoms. The van der Waals surface area contributed by atoms with Gasteiger partial charge >= 0.3 is 0 Å². The topological polar surface area (TPSA) is 64.3 Å². The Hall–Kier alpha value is -1.90. The molecule has 138 valence electrons. The van der Waals surface area contributed by atoms with E-state index in [2.05, 4.69) is 27.9 Å². The SMILES string of the molecule is Cc1cc(I)ccc1NC1(Oc2c(C(N)=O)ccc(F)c2F)CCCC1. The fraction of sp³-hybridized carbons (Fsp3) is 0.316. The monoisotopic (exact) mass is 472 g/mol. The molecule has 2 aromatic rings. The standard InChI is InChI=1S/C19H19F2IN2O2/c1-11-10-12(22)4-7-15(11)24-19(8-2-3-9-19)26-17-13(18(23)25)5-6-14(20)16(17)21/h4-7,10,24H,2-3,8-9H2,1H3,(H2,23,25). The summed E-state index contributed by atoms with van der Waals surface area (Å²) in [5, 5.41) is 3.34. The van der Waals surface area contributed by atoms with Gasteiger partial charge in [-0.1, -0.05) is 0 Å². The number of rotatable bonds is 5. The van der Waals surface area contributed by atoms with E-state index in [1.807, 2.05) is 25.1 Å². The summed E-state index contributed by atoms with van der Waals surface area (Å²) in [4.78, 5) is 11.6. The van der Waals surface area contributed by atoms with Crippen LogP contribution in [0.5, 0.6) is 5.75 Å². The highest BCUT2D eigenvalue weighted by Crippen LogP contribution is 2.38. The van der Waals surface area contributed by atoms with E-state index in [4.69, 9.17) is 10.5 Å². The van der Waals surface area contributed by atoms with Crippen LogP contribution in [0.4, 0.5) is 14.5 Å². The molecule has 2 aromatic carbocycles. The van der Waals surface area contributed by atoms with Gasteiger partial charge in [0.05, 0.1) is 5.56 Å². The summed E-state index contributed by atoms with van der Waals surface area (Å²) in [7, 11) is 0. The number of ether oxygens (including phenoxy) is 1. The molecule has 4 nitrogen and oxygen atoms in total. The van der Waals surface area contributed by atoms with Crippen molar-refractivity contribution in [3.63, 3.8) is 0 Å². The van der Waals surface area contributed by atoms with Crippen LogP contribution in [0.2, 0.25) is 0 Å². The van der Waals surface area contributed by atoms with Gasteiger partial charge in [0.1, 0.15) is 0 Å². The van der Waals surface area contributed by atoms with Crippen molar-refractivity contribution >= 4 is 34.2 Å². The van der Waals surface area contributed by atoms with Gasteiger partial charge in [-0.3, -0.25) is 4.79 Å². The Morgan fingerprint density at radius 2 is 1.92 bits per heavy atom. The highest BCUT2D eigenvalue weighted by molar-refractivity contribution is 14.1. The van der Waals surface area contributed by atoms with E-state index >= 15 is 0 Å². The summed E-state index contributed by atoms with van der Waals surface area (Å²) in [6, 6.07) is 7.92. The van der Waals surface area contributed by atoms with Gasteiger partial charge in [-0.2, -0.15) is 4.39 Å². The minimum absolute atomic E-state index is 0.170. The van der Waals surface area contributed by atoms with Crippen LogP contribution in [-0.2, 0) is 0 Å². The lowest BCUT2D eigenvalue weighted by Crippen LogP contribution is -2.42. The summed E-state index contributed by atoms with van der Waals surface area (Å²) >= 11 is 2.23. The second-order valence-corrected chi connectivity index (χ2v) is 7.74. The molecule has 1 saturated carbocycles. The number of aryl methyl sites for hydroxylation is 1. The number of amides is 1. The lowest BCUT2D eigenvalue weighted by molar-refractivity contribution is 0.0908. The highest BCUT2D eigenvalue weighted by atomic mass is 127. The van der Waals surface area contributed by atoms with Crippen LogP contribution in [0.15, 0.2) is 30.3 Å². The molecule has 3 N–H and O–H groups in total. The third-order valence-corrected chi connectivity index (χ3v) is 5.25. The first kappa shape index (κ1) is 18.9. The van der Waals surface area contributed by atoms with Gasteiger partial charge in [0.2, 0.25) is 5.82 Å². The van der Waals surface area contributed by atoms with E-state index < -0.39 is 29.0 Å². The Bertz CT molecular complexity index is 852. The second kappa shape index (κ2) is 7.38. The molecular formula is C19H19F2IN2O2. The first-order valence-electron chi connectivity index (χ1n) is 8.32. The van der Waals surface area contributed by atoms with Crippen LogP contribution >= 0.6 is 22.6 Å². The van der Waals surface area contributed by atoms with Gasteiger partial charge in [-0.15, -0.1) is 0 Å². The molecule has 0 aromatic heterocycles. The number of benzene rings is 2. The molecule has 26 heavy (non-hydrogen) atoms. The summed E-state index contributed by atoms with van der Waals surface area (Å²) in [5.41, 5.74) is 6.09. The van der Waals surface area contributed by atoms with Crippen molar-refractivity contribution in [3.05, 3.63) is 56.7 Å². The van der Waals surface area contributed by atoms with Gasteiger partial charge < -0.3 is 15.8 Å².